The van der Waals surface area contributed by atoms with Crippen molar-refractivity contribution in [1.29, 1.82) is 0 Å². The minimum atomic E-state index is -0.465. The Hall–Kier alpha value is -1.43. The van der Waals surface area contributed by atoms with Crippen LogP contribution in [0.5, 0.6) is 5.75 Å². The number of nitrogens with one attached hydrogen (secondary N) is 1. The second-order valence-electron chi connectivity index (χ2n) is 2.59. The van der Waals surface area contributed by atoms with E-state index in [0.29, 0.717) is 17.0 Å². The van der Waals surface area contributed by atoms with E-state index in [-0.39, 0.29) is 12.3 Å². The van der Waals surface area contributed by atoms with Crippen molar-refractivity contribution in [3.63, 3.8) is 0 Å². The van der Waals surface area contributed by atoms with E-state index < -0.39 is 5.97 Å². The number of rotatable bonds is 4. The van der Waals surface area contributed by atoms with Crippen molar-refractivity contribution < 1.29 is 18.2 Å². The highest BCUT2D eigenvalue weighted by molar-refractivity contribution is 7.95. The highest BCUT2D eigenvalue weighted by atomic mass is 32.2. The number of halogens is 1. The lowest BCUT2D eigenvalue weighted by Gasteiger charge is -2.08. The topological polar surface area (TPSA) is 47.6 Å². The minimum Gasteiger partial charge on any atom is -0.495 e. The maximum Gasteiger partial charge on any atom is 0.337 e. The first-order valence-electron chi connectivity index (χ1n) is 4.03. The van der Waals surface area contributed by atoms with Crippen molar-refractivity contribution >= 4 is 24.0 Å². The second kappa shape index (κ2) is 5.45. The zero-order valence-electron chi connectivity index (χ0n) is 8.24. The number of esters is 1. The average molecular weight is 231 g/mol. The molecule has 0 radical (unpaired) electrons. The van der Waals surface area contributed by atoms with Crippen molar-refractivity contribution in [3.8, 4) is 5.75 Å². The Morgan fingerprint density at radius 3 is 2.73 bits per heavy atom. The molecule has 82 valence electrons. The molecule has 1 aromatic rings. The van der Waals surface area contributed by atoms with Crippen LogP contribution in [0.3, 0.4) is 0 Å². The number of carbonyl (C=O) groups is 1. The molecule has 0 spiro atoms. The molecule has 0 atom stereocenters. The van der Waals surface area contributed by atoms with E-state index in [1.54, 1.807) is 0 Å². The predicted octanol–water partition coefficient (Wildman–Crippen LogP) is 2.43. The van der Waals surface area contributed by atoms with Crippen LogP contribution in [0.2, 0.25) is 0 Å². The van der Waals surface area contributed by atoms with E-state index in [4.69, 9.17) is 4.74 Å². The number of carbonyl (C=O) groups excluding carboxylic acids is 1. The molecule has 0 aliphatic carbocycles. The number of benzene rings is 1. The van der Waals surface area contributed by atoms with Gasteiger partial charge in [-0.05, 0) is 18.2 Å². The van der Waals surface area contributed by atoms with Crippen LogP contribution in [0, 0.1) is 0 Å². The van der Waals surface area contributed by atoms with Gasteiger partial charge >= 0.3 is 5.97 Å². The Kier molecular flexibility index (Phi) is 4.23. The average Bonchev–Trinajstić information content (AvgIpc) is 2.29. The molecule has 1 aromatic carbocycles. The molecular weight excluding hydrogens is 221 g/mol. The first-order chi connectivity index (χ1) is 7.22. The fourth-order valence-electron chi connectivity index (χ4n) is 1.06. The fourth-order valence-corrected chi connectivity index (χ4v) is 1.31. The standard InChI is InChI=1S/C9H10FNO3S/c1-13-8-5-6(9(12)14-2)3-4-7(8)11-15-10/h3-5,11H,1-2H3. The van der Waals surface area contributed by atoms with Crippen molar-refractivity contribution in [2.75, 3.05) is 18.9 Å². The highest BCUT2D eigenvalue weighted by Crippen LogP contribution is 2.28. The highest BCUT2D eigenvalue weighted by Gasteiger charge is 2.10. The molecule has 1 N–H and O–H groups in total. The van der Waals surface area contributed by atoms with Crippen LogP contribution >= 0.6 is 12.3 Å². The summed E-state index contributed by atoms with van der Waals surface area (Å²) in [6.07, 6.45) is 0. The molecule has 0 saturated heterocycles. The third-order valence-corrected chi connectivity index (χ3v) is 2.07. The summed E-state index contributed by atoms with van der Waals surface area (Å²) in [7, 11) is 2.73. The summed E-state index contributed by atoms with van der Waals surface area (Å²) in [5.74, 6) is -0.0872. The predicted molar refractivity (Wildman–Crippen MR) is 56.7 cm³/mol. The maximum absolute atomic E-state index is 12.0. The second-order valence-corrected chi connectivity index (χ2v) is 2.94. The minimum absolute atomic E-state index is 0.0419. The zero-order valence-corrected chi connectivity index (χ0v) is 9.06. The van der Waals surface area contributed by atoms with Gasteiger partial charge in [0.1, 0.15) is 5.75 Å². The van der Waals surface area contributed by atoms with Gasteiger partial charge in [-0.25, -0.2) is 4.79 Å². The summed E-state index contributed by atoms with van der Waals surface area (Å²) in [6, 6.07) is 4.54. The Bertz CT molecular complexity index is 359. The van der Waals surface area contributed by atoms with Crippen LogP contribution in [0.25, 0.3) is 0 Å². The lowest BCUT2D eigenvalue weighted by atomic mass is 10.2. The number of hydrogen-bond acceptors (Lipinski definition) is 5. The number of hydrogen-bond donors (Lipinski definition) is 1. The molecule has 0 bridgehead atoms. The summed E-state index contributed by atoms with van der Waals surface area (Å²) in [4.78, 5) is 11.2. The first-order valence-corrected chi connectivity index (χ1v) is 4.74. The number of anilines is 1. The summed E-state index contributed by atoms with van der Waals surface area (Å²) in [5.41, 5.74) is 0.807. The summed E-state index contributed by atoms with van der Waals surface area (Å²) >= 11 is -0.0419. The van der Waals surface area contributed by atoms with Gasteiger partial charge in [-0.2, -0.15) is 0 Å². The third-order valence-electron chi connectivity index (χ3n) is 1.77. The van der Waals surface area contributed by atoms with Gasteiger partial charge in [0.15, 0.2) is 12.3 Å². The van der Waals surface area contributed by atoms with Gasteiger partial charge in [-0.1, -0.05) is 0 Å². The molecule has 0 saturated carbocycles. The van der Waals surface area contributed by atoms with Crippen molar-refractivity contribution in [1.82, 2.24) is 0 Å². The monoisotopic (exact) mass is 231 g/mol. The Labute approximate surface area is 91.2 Å². The van der Waals surface area contributed by atoms with Gasteiger partial charge in [-0.15, -0.1) is 3.89 Å². The molecule has 0 unspecified atom stereocenters. The molecule has 0 aromatic heterocycles. The SMILES string of the molecule is COC(=O)c1ccc(NSF)c(OC)c1. The number of methoxy groups -OCH3 is 2. The summed E-state index contributed by atoms with van der Waals surface area (Å²) < 4.78 is 23.9. The molecule has 15 heavy (non-hydrogen) atoms. The van der Waals surface area contributed by atoms with Gasteiger partial charge in [0, 0.05) is 0 Å². The molecular formula is C9H10FNO3S. The van der Waals surface area contributed by atoms with E-state index in [1.165, 1.54) is 32.4 Å². The van der Waals surface area contributed by atoms with Crippen LogP contribution in [-0.2, 0) is 4.74 Å². The van der Waals surface area contributed by atoms with Crippen LogP contribution in [0.1, 0.15) is 10.4 Å². The van der Waals surface area contributed by atoms with Gasteiger partial charge < -0.3 is 9.47 Å². The van der Waals surface area contributed by atoms with E-state index in [0.717, 1.165) is 0 Å². The van der Waals surface area contributed by atoms with E-state index in [2.05, 4.69) is 9.46 Å². The van der Waals surface area contributed by atoms with Crippen LogP contribution in [0.4, 0.5) is 9.57 Å². The normalized spacial score (nSPS) is 9.53. The van der Waals surface area contributed by atoms with E-state index >= 15 is 0 Å². The maximum atomic E-state index is 12.0. The Morgan fingerprint density at radius 1 is 1.47 bits per heavy atom. The van der Waals surface area contributed by atoms with E-state index in [9.17, 15) is 8.68 Å². The molecule has 0 fully saturated rings. The Balaban J connectivity index is 3.01. The summed E-state index contributed by atoms with van der Waals surface area (Å²) in [6.45, 7) is 0. The fraction of sp³-hybridized carbons (Fsp3) is 0.222. The molecule has 0 aliphatic heterocycles. The zero-order chi connectivity index (χ0) is 11.3. The van der Waals surface area contributed by atoms with Crippen molar-refractivity contribution in [3.05, 3.63) is 23.8 Å². The third kappa shape index (κ3) is 2.76. The molecule has 4 nitrogen and oxygen atoms in total. The van der Waals surface area contributed by atoms with Crippen molar-refractivity contribution in [2.24, 2.45) is 0 Å². The first kappa shape index (κ1) is 11.6. The van der Waals surface area contributed by atoms with Crippen molar-refractivity contribution in [2.45, 2.75) is 0 Å². The molecule has 1 rings (SSSR count). The molecule has 0 aliphatic rings. The quantitative estimate of drug-likeness (QED) is 0.637. The largest absolute Gasteiger partial charge is 0.495 e. The van der Waals surface area contributed by atoms with Gasteiger partial charge in [0.05, 0.1) is 25.5 Å². The molecule has 0 amide bonds. The van der Waals surface area contributed by atoms with Gasteiger partial charge in [0.2, 0.25) is 0 Å². The molecule has 0 heterocycles. The lowest BCUT2D eigenvalue weighted by Crippen LogP contribution is -2.02. The van der Waals surface area contributed by atoms with Crippen LogP contribution in [0.15, 0.2) is 18.2 Å². The van der Waals surface area contributed by atoms with E-state index in [1.807, 2.05) is 0 Å². The lowest BCUT2D eigenvalue weighted by molar-refractivity contribution is 0.0600. The Morgan fingerprint density at radius 2 is 2.20 bits per heavy atom. The van der Waals surface area contributed by atoms with Crippen LogP contribution < -0.4 is 9.46 Å². The van der Waals surface area contributed by atoms with Gasteiger partial charge in [0.25, 0.3) is 0 Å². The smallest absolute Gasteiger partial charge is 0.337 e. The molecule has 6 heteroatoms. The van der Waals surface area contributed by atoms with Crippen LogP contribution in [-0.4, -0.2) is 20.2 Å². The summed E-state index contributed by atoms with van der Waals surface area (Å²) in [5, 5.41) is 0. The van der Waals surface area contributed by atoms with Gasteiger partial charge in [-0.3, -0.25) is 4.72 Å². The number of ether oxygens (including phenoxy) is 2.